The zero-order valence-corrected chi connectivity index (χ0v) is 9.97. The number of hydrogen-bond acceptors (Lipinski definition) is 1. The molecule has 0 spiro atoms. The summed E-state index contributed by atoms with van der Waals surface area (Å²) in [4.78, 5) is 0. The molecule has 1 fully saturated rings. The van der Waals surface area contributed by atoms with Crippen LogP contribution in [0, 0.1) is 5.92 Å². The van der Waals surface area contributed by atoms with Gasteiger partial charge in [-0.25, -0.2) is 0 Å². The summed E-state index contributed by atoms with van der Waals surface area (Å²) < 4.78 is 0. The number of hydrogen-bond donors (Lipinski definition) is 1. The van der Waals surface area contributed by atoms with E-state index < -0.39 is 0 Å². The van der Waals surface area contributed by atoms with Gasteiger partial charge >= 0.3 is 0 Å². The van der Waals surface area contributed by atoms with Gasteiger partial charge in [0.15, 0.2) is 0 Å². The molecule has 0 aromatic rings. The van der Waals surface area contributed by atoms with E-state index in [1.54, 1.807) is 0 Å². The second-order valence-electron chi connectivity index (χ2n) is 4.82. The van der Waals surface area contributed by atoms with E-state index in [4.69, 9.17) is 0 Å². The normalized spacial score (nSPS) is 27.4. The molecule has 0 bridgehead atoms. The van der Waals surface area contributed by atoms with Crippen molar-refractivity contribution < 1.29 is 0 Å². The Morgan fingerprint density at radius 2 is 1.86 bits per heavy atom. The molecule has 82 valence electrons. The van der Waals surface area contributed by atoms with Gasteiger partial charge < -0.3 is 5.32 Å². The standard InChI is InChI=1S/C13H25N/c1-4-12-5-7-13(8-6-12)14-10-9-11(2)3/h9,12-14H,4-8,10H2,1-3H3. The van der Waals surface area contributed by atoms with Gasteiger partial charge in [-0.15, -0.1) is 0 Å². The fourth-order valence-corrected chi connectivity index (χ4v) is 2.20. The highest BCUT2D eigenvalue weighted by atomic mass is 14.9. The molecule has 1 nitrogen and oxygen atoms in total. The molecule has 0 atom stereocenters. The summed E-state index contributed by atoms with van der Waals surface area (Å²) in [7, 11) is 0. The van der Waals surface area contributed by atoms with Crippen molar-refractivity contribution in [2.24, 2.45) is 5.92 Å². The first-order valence-electron chi connectivity index (χ1n) is 6.09. The minimum atomic E-state index is 0.786. The van der Waals surface area contributed by atoms with Crippen molar-refractivity contribution in [1.29, 1.82) is 0 Å². The van der Waals surface area contributed by atoms with E-state index in [-0.39, 0.29) is 0 Å². The highest BCUT2D eigenvalue weighted by molar-refractivity contribution is 4.95. The third kappa shape index (κ3) is 4.28. The van der Waals surface area contributed by atoms with Gasteiger partial charge in [0.1, 0.15) is 0 Å². The van der Waals surface area contributed by atoms with E-state index in [2.05, 4.69) is 32.2 Å². The minimum absolute atomic E-state index is 0.786. The van der Waals surface area contributed by atoms with Gasteiger partial charge in [-0.1, -0.05) is 25.0 Å². The van der Waals surface area contributed by atoms with E-state index in [0.717, 1.165) is 18.5 Å². The fraction of sp³-hybridized carbons (Fsp3) is 0.846. The predicted molar refractivity (Wildman–Crippen MR) is 63.5 cm³/mol. The summed E-state index contributed by atoms with van der Waals surface area (Å²) in [6.07, 6.45) is 9.29. The lowest BCUT2D eigenvalue weighted by molar-refractivity contribution is 0.291. The van der Waals surface area contributed by atoms with Crippen LogP contribution in [0.2, 0.25) is 0 Å². The maximum Gasteiger partial charge on any atom is 0.0139 e. The molecule has 0 radical (unpaired) electrons. The number of rotatable bonds is 4. The number of nitrogens with one attached hydrogen (secondary N) is 1. The zero-order chi connectivity index (χ0) is 10.4. The van der Waals surface area contributed by atoms with Gasteiger partial charge in [0.25, 0.3) is 0 Å². The maximum absolute atomic E-state index is 3.62. The van der Waals surface area contributed by atoms with Crippen LogP contribution in [-0.4, -0.2) is 12.6 Å². The number of allylic oxidation sites excluding steroid dienone is 1. The maximum atomic E-state index is 3.62. The van der Waals surface area contributed by atoms with Crippen LogP contribution >= 0.6 is 0 Å². The predicted octanol–water partition coefficient (Wildman–Crippen LogP) is 3.51. The Morgan fingerprint density at radius 1 is 1.21 bits per heavy atom. The van der Waals surface area contributed by atoms with Crippen molar-refractivity contribution in [1.82, 2.24) is 5.32 Å². The van der Waals surface area contributed by atoms with Crippen LogP contribution < -0.4 is 5.32 Å². The zero-order valence-electron chi connectivity index (χ0n) is 9.97. The van der Waals surface area contributed by atoms with Crippen molar-refractivity contribution in [2.75, 3.05) is 6.54 Å². The summed E-state index contributed by atoms with van der Waals surface area (Å²) in [5, 5.41) is 3.62. The molecular weight excluding hydrogens is 170 g/mol. The Kier molecular flexibility index (Phi) is 5.24. The van der Waals surface area contributed by atoms with Crippen LogP contribution in [-0.2, 0) is 0 Å². The molecular formula is C13H25N. The SMILES string of the molecule is CCC1CCC(NCC=C(C)C)CC1. The topological polar surface area (TPSA) is 12.0 Å². The monoisotopic (exact) mass is 195 g/mol. The quantitative estimate of drug-likeness (QED) is 0.677. The first-order chi connectivity index (χ1) is 6.72. The first kappa shape index (κ1) is 11.8. The van der Waals surface area contributed by atoms with Crippen molar-refractivity contribution in [3.05, 3.63) is 11.6 Å². The van der Waals surface area contributed by atoms with E-state index in [1.807, 2.05) is 0 Å². The Labute approximate surface area is 89.0 Å². The Balaban J connectivity index is 2.13. The molecule has 0 aliphatic heterocycles. The van der Waals surface area contributed by atoms with Crippen LogP contribution in [0.4, 0.5) is 0 Å². The van der Waals surface area contributed by atoms with Crippen molar-refractivity contribution >= 4 is 0 Å². The second kappa shape index (κ2) is 6.23. The van der Waals surface area contributed by atoms with Crippen LogP contribution in [0.1, 0.15) is 52.9 Å². The molecule has 0 amide bonds. The Hall–Kier alpha value is -0.300. The van der Waals surface area contributed by atoms with Gasteiger partial charge in [0.2, 0.25) is 0 Å². The van der Waals surface area contributed by atoms with Gasteiger partial charge in [-0.2, -0.15) is 0 Å². The molecule has 1 rings (SSSR count). The average Bonchev–Trinajstić information content (AvgIpc) is 2.18. The molecule has 1 aliphatic rings. The lowest BCUT2D eigenvalue weighted by atomic mass is 9.84. The van der Waals surface area contributed by atoms with Gasteiger partial charge in [0.05, 0.1) is 0 Å². The summed E-state index contributed by atoms with van der Waals surface area (Å²) in [5.41, 5.74) is 1.42. The lowest BCUT2D eigenvalue weighted by Gasteiger charge is -2.28. The van der Waals surface area contributed by atoms with Gasteiger partial charge in [0, 0.05) is 12.6 Å². The molecule has 0 unspecified atom stereocenters. The molecule has 0 aromatic heterocycles. The molecule has 1 saturated carbocycles. The summed E-state index contributed by atoms with van der Waals surface area (Å²) in [6.45, 7) is 7.71. The summed E-state index contributed by atoms with van der Waals surface area (Å²) in [6, 6.07) is 0.786. The van der Waals surface area contributed by atoms with E-state index in [0.29, 0.717) is 0 Å². The summed E-state index contributed by atoms with van der Waals surface area (Å²) >= 11 is 0. The third-order valence-corrected chi connectivity index (χ3v) is 3.34. The lowest BCUT2D eigenvalue weighted by Crippen LogP contribution is -2.33. The fourth-order valence-electron chi connectivity index (χ4n) is 2.20. The molecule has 1 heteroatoms. The first-order valence-corrected chi connectivity index (χ1v) is 6.09. The van der Waals surface area contributed by atoms with Gasteiger partial charge in [-0.05, 0) is 45.4 Å². The van der Waals surface area contributed by atoms with Crippen LogP contribution in [0.25, 0.3) is 0 Å². The molecule has 0 heterocycles. The van der Waals surface area contributed by atoms with Crippen LogP contribution in [0.3, 0.4) is 0 Å². The van der Waals surface area contributed by atoms with E-state index in [1.165, 1.54) is 37.7 Å². The molecule has 0 aromatic carbocycles. The molecule has 14 heavy (non-hydrogen) atoms. The van der Waals surface area contributed by atoms with E-state index >= 15 is 0 Å². The highest BCUT2D eigenvalue weighted by Crippen LogP contribution is 2.26. The van der Waals surface area contributed by atoms with Crippen molar-refractivity contribution in [3.8, 4) is 0 Å². The largest absolute Gasteiger partial charge is 0.311 e. The van der Waals surface area contributed by atoms with Gasteiger partial charge in [-0.3, -0.25) is 0 Å². The molecule has 0 saturated heterocycles. The van der Waals surface area contributed by atoms with Crippen LogP contribution in [0.5, 0.6) is 0 Å². The smallest absolute Gasteiger partial charge is 0.0139 e. The van der Waals surface area contributed by atoms with Crippen molar-refractivity contribution in [3.63, 3.8) is 0 Å². The third-order valence-electron chi connectivity index (χ3n) is 3.34. The van der Waals surface area contributed by atoms with Crippen LogP contribution in [0.15, 0.2) is 11.6 Å². The van der Waals surface area contributed by atoms with Crippen molar-refractivity contribution in [2.45, 2.75) is 58.9 Å². The second-order valence-corrected chi connectivity index (χ2v) is 4.82. The average molecular weight is 195 g/mol. The molecule has 1 aliphatic carbocycles. The van der Waals surface area contributed by atoms with E-state index in [9.17, 15) is 0 Å². The molecule has 1 N–H and O–H groups in total. The highest BCUT2D eigenvalue weighted by Gasteiger charge is 2.18. The summed E-state index contributed by atoms with van der Waals surface area (Å²) in [5.74, 6) is 1.01. The Morgan fingerprint density at radius 3 is 2.36 bits per heavy atom. The Bertz CT molecular complexity index is 172. The minimum Gasteiger partial charge on any atom is -0.311 e.